The number of rotatable bonds is 4. The molecule has 0 N–H and O–H groups in total. The second-order valence-corrected chi connectivity index (χ2v) is 5.29. The van der Waals surface area contributed by atoms with Gasteiger partial charge in [-0.15, -0.1) is 0 Å². The first-order valence-corrected chi connectivity index (χ1v) is 7.05. The highest BCUT2D eigenvalue weighted by Crippen LogP contribution is 2.18. The lowest BCUT2D eigenvalue weighted by Crippen LogP contribution is -2.43. The number of hydrogen-bond donors (Lipinski definition) is 0. The fourth-order valence-electron chi connectivity index (χ4n) is 2.23. The molecule has 2 rings (SSSR count). The summed E-state index contributed by atoms with van der Waals surface area (Å²) in [5.74, 6) is 0.886. The van der Waals surface area contributed by atoms with Gasteiger partial charge in [0.1, 0.15) is 6.10 Å². The number of likely N-dealkylation sites (tertiary alicyclic amines) is 1. The molecule has 0 aromatic carbocycles. The zero-order valence-electron chi connectivity index (χ0n) is 12.7. The lowest BCUT2D eigenvalue weighted by Gasteiger charge is -2.32. The number of methoxy groups -OCH3 is 1. The Hall–Kier alpha value is -2.11. The van der Waals surface area contributed by atoms with Crippen molar-refractivity contribution in [3.05, 3.63) is 24.0 Å². The van der Waals surface area contributed by atoms with Crippen LogP contribution in [0.15, 0.2) is 24.0 Å². The molecule has 1 amide bonds. The van der Waals surface area contributed by atoms with Crippen molar-refractivity contribution in [2.75, 3.05) is 20.2 Å². The average Bonchev–Trinajstić information content (AvgIpc) is 2.47. The Labute approximate surface area is 124 Å². The van der Waals surface area contributed by atoms with Crippen LogP contribution in [0.4, 0.5) is 0 Å². The average molecular weight is 291 g/mol. The second kappa shape index (κ2) is 7.06. The van der Waals surface area contributed by atoms with Gasteiger partial charge < -0.3 is 14.4 Å². The van der Waals surface area contributed by atoms with Crippen LogP contribution < -0.4 is 9.47 Å². The first-order chi connectivity index (χ1) is 10.1. The summed E-state index contributed by atoms with van der Waals surface area (Å²) in [6, 6.07) is 0. The van der Waals surface area contributed by atoms with E-state index >= 15 is 0 Å². The van der Waals surface area contributed by atoms with Crippen LogP contribution in [0, 0.1) is 0 Å². The van der Waals surface area contributed by atoms with E-state index in [9.17, 15) is 4.79 Å². The maximum absolute atomic E-state index is 12.1. The van der Waals surface area contributed by atoms with E-state index < -0.39 is 0 Å². The SMILES string of the molecule is COc1cncc(O[C@H]2CCCN(C(=O)C=C(C)C)C2)n1. The van der Waals surface area contributed by atoms with Crippen molar-refractivity contribution in [3.8, 4) is 11.8 Å². The molecule has 2 heterocycles. The van der Waals surface area contributed by atoms with Gasteiger partial charge in [0.15, 0.2) is 0 Å². The van der Waals surface area contributed by atoms with E-state index in [1.54, 1.807) is 12.3 Å². The Morgan fingerprint density at radius 1 is 1.38 bits per heavy atom. The fourth-order valence-corrected chi connectivity index (χ4v) is 2.23. The molecule has 21 heavy (non-hydrogen) atoms. The van der Waals surface area contributed by atoms with Gasteiger partial charge in [-0.25, -0.2) is 0 Å². The second-order valence-electron chi connectivity index (χ2n) is 5.29. The predicted molar refractivity (Wildman–Crippen MR) is 78.2 cm³/mol. The van der Waals surface area contributed by atoms with Crippen LogP contribution in [0.2, 0.25) is 0 Å². The van der Waals surface area contributed by atoms with Crippen LogP contribution in [-0.2, 0) is 4.79 Å². The van der Waals surface area contributed by atoms with Gasteiger partial charge in [0.05, 0.1) is 26.0 Å². The minimum Gasteiger partial charge on any atom is -0.480 e. The van der Waals surface area contributed by atoms with E-state index in [1.165, 1.54) is 13.3 Å². The zero-order chi connectivity index (χ0) is 15.2. The number of carbonyl (C=O) groups excluding carboxylic acids is 1. The topological polar surface area (TPSA) is 64.6 Å². The fraction of sp³-hybridized carbons (Fsp3) is 0.533. The molecule has 1 fully saturated rings. The normalized spacial score (nSPS) is 18.0. The van der Waals surface area contributed by atoms with E-state index in [1.807, 2.05) is 18.7 Å². The number of ether oxygens (including phenoxy) is 2. The van der Waals surface area contributed by atoms with Crippen LogP contribution in [0.3, 0.4) is 0 Å². The third-order valence-corrected chi connectivity index (χ3v) is 3.19. The van der Waals surface area contributed by atoms with Gasteiger partial charge in [0.25, 0.3) is 0 Å². The Kier molecular flexibility index (Phi) is 5.14. The van der Waals surface area contributed by atoms with Crippen molar-refractivity contribution in [1.82, 2.24) is 14.9 Å². The van der Waals surface area contributed by atoms with Crippen molar-refractivity contribution in [3.63, 3.8) is 0 Å². The Morgan fingerprint density at radius 3 is 2.86 bits per heavy atom. The van der Waals surface area contributed by atoms with Crippen molar-refractivity contribution < 1.29 is 14.3 Å². The van der Waals surface area contributed by atoms with Gasteiger partial charge in [-0.05, 0) is 26.7 Å². The Balaban J connectivity index is 1.97. The summed E-state index contributed by atoms with van der Waals surface area (Å²) in [6.07, 6.45) is 6.50. The van der Waals surface area contributed by atoms with Gasteiger partial charge in [-0.2, -0.15) is 4.98 Å². The molecule has 0 saturated carbocycles. The summed E-state index contributed by atoms with van der Waals surface area (Å²) < 4.78 is 10.8. The molecule has 6 nitrogen and oxygen atoms in total. The van der Waals surface area contributed by atoms with Crippen LogP contribution >= 0.6 is 0 Å². The van der Waals surface area contributed by atoms with E-state index in [0.717, 1.165) is 25.0 Å². The first-order valence-electron chi connectivity index (χ1n) is 7.05. The molecule has 1 aromatic rings. The van der Waals surface area contributed by atoms with Crippen molar-refractivity contribution in [2.45, 2.75) is 32.8 Å². The first kappa shape index (κ1) is 15.3. The smallest absolute Gasteiger partial charge is 0.246 e. The van der Waals surface area contributed by atoms with Gasteiger partial charge in [-0.1, -0.05) is 5.57 Å². The summed E-state index contributed by atoms with van der Waals surface area (Å²) in [5.41, 5.74) is 1.00. The monoisotopic (exact) mass is 291 g/mol. The minimum atomic E-state index is -0.0605. The van der Waals surface area contributed by atoms with Crippen molar-refractivity contribution >= 4 is 5.91 Å². The molecule has 0 aliphatic carbocycles. The molecule has 0 bridgehead atoms. The maximum atomic E-state index is 12.1. The Bertz CT molecular complexity index is 527. The number of nitrogens with zero attached hydrogens (tertiary/aromatic N) is 3. The van der Waals surface area contributed by atoms with Crippen molar-refractivity contribution in [2.24, 2.45) is 0 Å². The lowest BCUT2D eigenvalue weighted by atomic mass is 10.1. The van der Waals surface area contributed by atoms with Gasteiger partial charge in [-0.3, -0.25) is 9.78 Å². The molecule has 1 saturated heterocycles. The largest absolute Gasteiger partial charge is 0.480 e. The van der Waals surface area contributed by atoms with Gasteiger partial charge in [0, 0.05) is 12.6 Å². The van der Waals surface area contributed by atoms with Crippen LogP contribution in [0.5, 0.6) is 11.8 Å². The summed E-state index contributed by atoms with van der Waals surface area (Å²) >= 11 is 0. The number of hydrogen-bond acceptors (Lipinski definition) is 5. The molecule has 1 aromatic heterocycles. The molecular formula is C15H21N3O3. The molecular weight excluding hydrogens is 270 g/mol. The minimum absolute atomic E-state index is 0.0417. The third kappa shape index (κ3) is 4.44. The highest BCUT2D eigenvalue weighted by atomic mass is 16.5. The molecule has 0 unspecified atom stereocenters. The van der Waals surface area contributed by atoms with E-state index in [2.05, 4.69) is 9.97 Å². The maximum Gasteiger partial charge on any atom is 0.246 e. The molecule has 1 aliphatic heterocycles. The number of allylic oxidation sites excluding steroid dienone is 1. The molecule has 0 spiro atoms. The summed E-state index contributed by atoms with van der Waals surface area (Å²) in [7, 11) is 1.54. The summed E-state index contributed by atoms with van der Waals surface area (Å²) in [6.45, 7) is 5.18. The highest BCUT2D eigenvalue weighted by molar-refractivity contribution is 5.88. The van der Waals surface area contributed by atoms with Crippen LogP contribution in [0.25, 0.3) is 0 Å². The molecule has 1 aliphatic rings. The van der Waals surface area contributed by atoms with Crippen LogP contribution in [-0.4, -0.2) is 47.1 Å². The number of aromatic nitrogens is 2. The molecule has 6 heteroatoms. The summed E-state index contributed by atoms with van der Waals surface area (Å²) in [5, 5.41) is 0. The van der Waals surface area contributed by atoms with Crippen molar-refractivity contribution in [1.29, 1.82) is 0 Å². The number of piperidine rings is 1. The Morgan fingerprint density at radius 2 is 2.14 bits per heavy atom. The predicted octanol–water partition coefficient (Wildman–Crippen LogP) is 1.82. The zero-order valence-corrected chi connectivity index (χ0v) is 12.7. The lowest BCUT2D eigenvalue weighted by molar-refractivity contribution is -0.128. The summed E-state index contributed by atoms with van der Waals surface area (Å²) in [4.78, 5) is 22.1. The highest BCUT2D eigenvalue weighted by Gasteiger charge is 2.24. The van der Waals surface area contributed by atoms with E-state index in [-0.39, 0.29) is 12.0 Å². The number of amides is 1. The van der Waals surface area contributed by atoms with E-state index in [0.29, 0.717) is 18.3 Å². The molecule has 0 radical (unpaired) electrons. The molecule has 114 valence electrons. The van der Waals surface area contributed by atoms with Crippen LogP contribution in [0.1, 0.15) is 26.7 Å². The third-order valence-electron chi connectivity index (χ3n) is 3.19. The quantitative estimate of drug-likeness (QED) is 0.792. The standard InChI is InChI=1S/C15H21N3O3/c1-11(2)7-15(19)18-6-4-5-12(10-18)21-14-9-16-8-13(17-14)20-3/h7-9,12H,4-6,10H2,1-3H3/t12-/m0/s1. The molecule has 1 atom stereocenters. The van der Waals surface area contributed by atoms with Gasteiger partial charge >= 0.3 is 0 Å². The number of carbonyl (C=O) groups is 1. The van der Waals surface area contributed by atoms with E-state index in [4.69, 9.17) is 9.47 Å². The van der Waals surface area contributed by atoms with Gasteiger partial charge in [0.2, 0.25) is 17.7 Å².